The maximum absolute atomic E-state index is 10.9. The third-order valence-electron chi connectivity index (χ3n) is 2.96. The Morgan fingerprint density at radius 3 is 2.95 bits per heavy atom. The van der Waals surface area contributed by atoms with Gasteiger partial charge in [0.2, 0.25) is 0 Å². The molecule has 0 saturated heterocycles. The van der Waals surface area contributed by atoms with E-state index < -0.39 is 4.92 Å². The number of hydrogen-bond acceptors (Lipinski definition) is 5. The zero-order valence-electron chi connectivity index (χ0n) is 10.9. The van der Waals surface area contributed by atoms with Gasteiger partial charge in [0, 0.05) is 6.07 Å². The van der Waals surface area contributed by atoms with Gasteiger partial charge in [-0.15, -0.1) is 5.10 Å². The number of hydrogen-bond donors (Lipinski definition) is 1. The van der Waals surface area contributed by atoms with E-state index in [2.05, 4.69) is 26.2 Å². The highest BCUT2D eigenvalue weighted by Crippen LogP contribution is 2.28. The fourth-order valence-corrected chi connectivity index (χ4v) is 2.31. The van der Waals surface area contributed by atoms with Gasteiger partial charge >= 0.3 is 0 Å². The van der Waals surface area contributed by atoms with Crippen LogP contribution in [0.1, 0.15) is 30.6 Å². The van der Waals surface area contributed by atoms with Crippen molar-refractivity contribution in [1.82, 2.24) is 15.0 Å². The van der Waals surface area contributed by atoms with Crippen molar-refractivity contribution in [1.29, 1.82) is 0 Å². The SMILES string of the molecule is CCC(N)c1cn(Cc2cccc([N+](=O)[O-])c2Br)nn1. The standard InChI is InChI=1S/C12H14BrN5O2/c1-2-9(14)10-7-17(16-15-10)6-8-4-3-5-11(12(8)13)18(19)20/h3-5,7,9H,2,6,14H2,1H3. The van der Waals surface area contributed by atoms with Gasteiger partial charge in [0.25, 0.3) is 5.69 Å². The number of nitro benzene ring substituents is 1. The van der Waals surface area contributed by atoms with Crippen LogP contribution in [-0.2, 0) is 6.54 Å². The summed E-state index contributed by atoms with van der Waals surface area (Å²) in [4.78, 5) is 10.5. The van der Waals surface area contributed by atoms with Gasteiger partial charge in [-0.2, -0.15) is 0 Å². The molecule has 1 aromatic carbocycles. The predicted octanol–water partition coefficient (Wildman–Crippen LogP) is 2.41. The lowest BCUT2D eigenvalue weighted by molar-refractivity contribution is -0.385. The topological polar surface area (TPSA) is 99.9 Å². The van der Waals surface area contributed by atoms with E-state index in [4.69, 9.17) is 5.73 Å². The summed E-state index contributed by atoms with van der Waals surface area (Å²) >= 11 is 3.26. The molecule has 2 N–H and O–H groups in total. The first kappa shape index (κ1) is 14.6. The Morgan fingerprint density at radius 2 is 2.30 bits per heavy atom. The van der Waals surface area contributed by atoms with E-state index >= 15 is 0 Å². The van der Waals surface area contributed by atoms with E-state index in [1.54, 1.807) is 23.0 Å². The molecule has 8 heteroatoms. The second-order valence-corrected chi connectivity index (χ2v) is 5.16. The van der Waals surface area contributed by atoms with E-state index in [0.29, 0.717) is 16.7 Å². The Balaban J connectivity index is 2.24. The van der Waals surface area contributed by atoms with Gasteiger partial charge in [-0.05, 0) is 27.9 Å². The molecular weight excluding hydrogens is 326 g/mol. The summed E-state index contributed by atoms with van der Waals surface area (Å²) in [5.74, 6) is 0. The summed E-state index contributed by atoms with van der Waals surface area (Å²) in [5.41, 5.74) is 7.40. The van der Waals surface area contributed by atoms with Crippen LogP contribution in [0.4, 0.5) is 5.69 Å². The number of rotatable bonds is 5. The molecule has 0 aliphatic carbocycles. The highest BCUT2D eigenvalue weighted by molar-refractivity contribution is 9.10. The average molecular weight is 340 g/mol. The molecule has 2 aromatic rings. The minimum absolute atomic E-state index is 0.0353. The van der Waals surface area contributed by atoms with E-state index in [1.807, 2.05) is 6.92 Å². The molecule has 0 radical (unpaired) electrons. The van der Waals surface area contributed by atoms with Crippen molar-refractivity contribution in [2.75, 3.05) is 0 Å². The number of halogens is 1. The monoisotopic (exact) mass is 339 g/mol. The van der Waals surface area contributed by atoms with Crippen molar-refractivity contribution >= 4 is 21.6 Å². The molecule has 1 unspecified atom stereocenters. The fraction of sp³-hybridized carbons (Fsp3) is 0.333. The Hall–Kier alpha value is -1.80. The second kappa shape index (κ2) is 6.10. The Morgan fingerprint density at radius 1 is 1.55 bits per heavy atom. The number of aromatic nitrogens is 3. The highest BCUT2D eigenvalue weighted by atomic mass is 79.9. The van der Waals surface area contributed by atoms with Crippen LogP contribution in [0, 0.1) is 10.1 Å². The summed E-state index contributed by atoms with van der Waals surface area (Å²) in [6, 6.07) is 4.76. The smallest absolute Gasteiger partial charge is 0.283 e. The van der Waals surface area contributed by atoms with Crippen LogP contribution in [0.25, 0.3) is 0 Å². The lowest BCUT2D eigenvalue weighted by atomic mass is 10.2. The zero-order chi connectivity index (χ0) is 14.7. The molecule has 7 nitrogen and oxygen atoms in total. The number of nitrogens with two attached hydrogens (primary N) is 1. The fourth-order valence-electron chi connectivity index (χ4n) is 1.77. The van der Waals surface area contributed by atoms with Crippen LogP contribution in [-0.4, -0.2) is 19.9 Å². The predicted molar refractivity (Wildman–Crippen MR) is 77.1 cm³/mol. The third-order valence-corrected chi connectivity index (χ3v) is 3.88. The van der Waals surface area contributed by atoms with Gasteiger partial charge < -0.3 is 5.73 Å². The minimum atomic E-state index is -0.423. The molecule has 0 aliphatic heterocycles. The normalized spacial score (nSPS) is 12.3. The molecule has 106 valence electrons. The molecule has 2 rings (SSSR count). The van der Waals surface area contributed by atoms with Gasteiger partial charge in [0.05, 0.1) is 29.4 Å². The first-order chi connectivity index (χ1) is 9.52. The van der Waals surface area contributed by atoms with E-state index in [1.165, 1.54) is 6.07 Å². The van der Waals surface area contributed by atoms with Crippen LogP contribution >= 0.6 is 15.9 Å². The Bertz CT molecular complexity index is 628. The molecule has 1 aromatic heterocycles. The summed E-state index contributed by atoms with van der Waals surface area (Å²) in [7, 11) is 0. The Labute approximate surface area is 124 Å². The van der Waals surface area contributed by atoms with Crippen LogP contribution in [0.2, 0.25) is 0 Å². The van der Waals surface area contributed by atoms with Gasteiger partial charge in [-0.25, -0.2) is 4.68 Å². The molecule has 1 atom stereocenters. The van der Waals surface area contributed by atoms with E-state index in [0.717, 1.165) is 12.0 Å². The maximum Gasteiger partial charge on any atom is 0.283 e. The lowest BCUT2D eigenvalue weighted by Crippen LogP contribution is -2.08. The molecule has 0 bridgehead atoms. The van der Waals surface area contributed by atoms with Crippen LogP contribution in [0.15, 0.2) is 28.9 Å². The number of nitrogens with zero attached hydrogens (tertiary/aromatic N) is 4. The minimum Gasteiger partial charge on any atom is -0.323 e. The Kier molecular flexibility index (Phi) is 4.46. The highest BCUT2D eigenvalue weighted by Gasteiger charge is 2.16. The molecule has 0 amide bonds. The van der Waals surface area contributed by atoms with E-state index in [9.17, 15) is 10.1 Å². The zero-order valence-corrected chi connectivity index (χ0v) is 12.4. The molecule has 0 aliphatic rings. The van der Waals surface area contributed by atoms with Crippen molar-refractivity contribution in [2.24, 2.45) is 5.73 Å². The molecule has 0 spiro atoms. The molecule has 0 fully saturated rings. The number of nitro groups is 1. The third kappa shape index (κ3) is 3.02. The van der Waals surface area contributed by atoms with Gasteiger partial charge in [0.15, 0.2) is 0 Å². The van der Waals surface area contributed by atoms with Crippen molar-refractivity contribution in [3.05, 3.63) is 50.2 Å². The first-order valence-electron chi connectivity index (χ1n) is 6.10. The van der Waals surface area contributed by atoms with Crippen LogP contribution in [0.5, 0.6) is 0 Å². The summed E-state index contributed by atoms with van der Waals surface area (Å²) in [6.07, 6.45) is 2.54. The van der Waals surface area contributed by atoms with Crippen LogP contribution in [0.3, 0.4) is 0 Å². The maximum atomic E-state index is 10.9. The number of benzene rings is 1. The molecule has 1 heterocycles. The molecule has 20 heavy (non-hydrogen) atoms. The quantitative estimate of drug-likeness (QED) is 0.665. The van der Waals surface area contributed by atoms with Crippen molar-refractivity contribution < 1.29 is 4.92 Å². The van der Waals surface area contributed by atoms with Crippen LogP contribution < -0.4 is 5.73 Å². The largest absolute Gasteiger partial charge is 0.323 e. The molecular formula is C12H14BrN5O2. The van der Waals surface area contributed by atoms with Gasteiger partial charge in [-0.3, -0.25) is 10.1 Å². The lowest BCUT2D eigenvalue weighted by Gasteiger charge is -2.05. The summed E-state index contributed by atoms with van der Waals surface area (Å²) in [5, 5.41) is 18.9. The van der Waals surface area contributed by atoms with Gasteiger partial charge in [0.1, 0.15) is 4.47 Å². The first-order valence-corrected chi connectivity index (χ1v) is 6.89. The second-order valence-electron chi connectivity index (χ2n) is 4.36. The van der Waals surface area contributed by atoms with Crippen molar-refractivity contribution in [3.8, 4) is 0 Å². The average Bonchev–Trinajstić information content (AvgIpc) is 2.88. The van der Waals surface area contributed by atoms with E-state index in [-0.39, 0.29) is 11.7 Å². The molecule has 0 saturated carbocycles. The summed E-state index contributed by atoms with van der Waals surface area (Å²) < 4.78 is 2.08. The van der Waals surface area contributed by atoms with Crippen molar-refractivity contribution in [2.45, 2.75) is 25.9 Å². The summed E-state index contributed by atoms with van der Waals surface area (Å²) in [6.45, 7) is 2.37. The van der Waals surface area contributed by atoms with Gasteiger partial charge in [-0.1, -0.05) is 24.3 Å². The van der Waals surface area contributed by atoms with Crippen molar-refractivity contribution in [3.63, 3.8) is 0 Å².